The normalized spacial score (nSPS) is 10.3. The second-order valence-corrected chi connectivity index (χ2v) is 5.14. The largest absolute Gasteiger partial charge is 0.294 e. The highest BCUT2D eigenvalue weighted by Gasteiger charge is 2.10. The third kappa shape index (κ3) is 3.02. The van der Waals surface area contributed by atoms with E-state index in [0.717, 1.165) is 16.0 Å². The lowest BCUT2D eigenvalue weighted by Crippen LogP contribution is -2.05. The van der Waals surface area contributed by atoms with E-state index in [4.69, 9.17) is 0 Å². The predicted octanol–water partition coefficient (Wildman–Crippen LogP) is 4.14. The van der Waals surface area contributed by atoms with Gasteiger partial charge in [-0.15, -0.1) is 11.8 Å². The second kappa shape index (κ2) is 5.87. The number of carbonyl (C=O) groups excluding carboxylic acids is 1. The van der Waals surface area contributed by atoms with Crippen LogP contribution in [0.15, 0.2) is 53.4 Å². The summed E-state index contributed by atoms with van der Waals surface area (Å²) in [5.41, 5.74) is 3.10. The summed E-state index contributed by atoms with van der Waals surface area (Å²) in [5, 5.41) is 0. The molecule has 18 heavy (non-hydrogen) atoms. The van der Waals surface area contributed by atoms with E-state index < -0.39 is 0 Å². The first kappa shape index (κ1) is 12.9. The zero-order chi connectivity index (χ0) is 13.0. The van der Waals surface area contributed by atoms with Gasteiger partial charge in [-0.3, -0.25) is 4.79 Å². The van der Waals surface area contributed by atoms with Crippen molar-refractivity contribution in [1.82, 2.24) is 0 Å². The molecule has 0 aliphatic carbocycles. The lowest BCUT2D eigenvalue weighted by atomic mass is 10.0. The maximum atomic E-state index is 12.3. The van der Waals surface area contributed by atoms with Crippen molar-refractivity contribution >= 4 is 17.5 Å². The summed E-state index contributed by atoms with van der Waals surface area (Å²) in [7, 11) is 0. The van der Waals surface area contributed by atoms with E-state index in [1.165, 1.54) is 5.56 Å². The lowest BCUT2D eigenvalue weighted by molar-refractivity contribution is 0.0990. The van der Waals surface area contributed by atoms with Gasteiger partial charge in [-0.2, -0.15) is 0 Å². The van der Waals surface area contributed by atoms with Gasteiger partial charge in [0.25, 0.3) is 0 Å². The van der Waals surface area contributed by atoms with Gasteiger partial charge in [0.05, 0.1) is 0 Å². The molecule has 0 amide bonds. The van der Waals surface area contributed by atoms with Crippen LogP contribution in [0, 0.1) is 6.92 Å². The smallest absolute Gasteiger partial charge is 0.168 e. The molecule has 0 fully saturated rings. The van der Waals surface area contributed by atoms with E-state index in [0.29, 0.717) is 6.42 Å². The summed E-state index contributed by atoms with van der Waals surface area (Å²) in [4.78, 5) is 13.3. The van der Waals surface area contributed by atoms with E-state index in [1.807, 2.05) is 55.6 Å². The standard InChI is InChI=1S/C16H16OS/c1-12-6-5-7-13(10-12)11-15(17)14-8-3-4-9-16(14)18-2/h3-10H,11H2,1-2H3. The number of benzene rings is 2. The van der Waals surface area contributed by atoms with Gasteiger partial charge in [0, 0.05) is 16.9 Å². The summed E-state index contributed by atoms with van der Waals surface area (Å²) < 4.78 is 0. The molecule has 92 valence electrons. The Morgan fingerprint density at radius 1 is 1.11 bits per heavy atom. The molecule has 2 aromatic rings. The molecule has 0 saturated carbocycles. The molecule has 0 bridgehead atoms. The van der Waals surface area contributed by atoms with Crippen LogP contribution in [0.1, 0.15) is 21.5 Å². The third-order valence-electron chi connectivity index (χ3n) is 2.85. The third-order valence-corrected chi connectivity index (χ3v) is 3.65. The van der Waals surface area contributed by atoms with E-state index in [1.54, 1.807) is 11.8 Å². The zero-order valence-corrected chi connectivity index (χ0v) is 11.5. The molecule has 0 radical (unpaired) electrons. The highest BCUT2D eigenvalue weighted by Crippen LogP contribution is 2.21. The Hall–Kier alpha value is -1.54. The van der Waals surface area contributed by atoms with Crippen molar-refractivity contribution in [3.63, 3.8) is 0 Å². The number of ketones is 1. The maximum absolute atomic E-state index is 12.3. The number of aryl methyl sites for hydroxylation is 1. The molecule has 2 heteroatoms. The Balaban J connectivity index is 2.22. The summed E-state index contributed by atoms with van der Waals surface area (Å²) in [6.07, 6.45) is 2.47. The van der Waals surface area contributed by atoms with Crippen molar-refractivity contribution in [3.05, 3.63) is 65.2 Å². The second-order valence-electron chi connectivity index (χ2n) is 4.29. The fourth-order valence-electron chi connectivity index (χ4n) is 1.98. The Kier molecular flexibility index (Phi) is 4.21. The monoisotopic (exact) mass is 256 g/mol. The van der Waals surface area contributed by atoms with Crippen molar-refractivity contribution in [1.29, 1.82) is 0 Å². The van der Waals surface area contributed by atoms with Crippen LogP contribution in [-0.4, -0.2) is 12.0 Å². The first-order valence-electron chi connectivity index (χ1n) is 5.92. The van der Waals surface area contributed by atoms with E-state index >= 15 is 0 Å². The molecule has 0 saturated heterocycles. The molecule has 2 rings (SSSR count). The van der Waals surface area contributed by atoms with Gasteiger partial charge < -0.3 is 0 Å². The molecule has 0 heterocycles. The number of thioether (sulfide) groups is 1. The highest BCUT2D eigenvalue weighted by molar-refractivity contribution is 7.98. The van der Waals surface area contributed by atoms with Crippen LogP contribution in [0.4, 0.5) is 0 Å². The molecule has 0 aromatic heterocycles. The number of hydrogen-bond donors (Lipinski definition) is 0. The van der Waals surface area contributed by atoms with Gasteiger partial charge >= 0.3 is 0 Å². The van der Waals surface area contributed by atoms with Gasteiger partial charge in [0.1, 0.15) is 0 Å². The SMILES string of the molecule is CSc1ccccc1C(=O)Cc1cccc(C)c1. The first-order chi connectivity index (χ1) is 8.70. The average molecular weight is 256 g/mol. The van der Waals surface area contributed by atoms with Gasteiger partial charge in [-0.05, 0) is 24.8 Å². The molecule has 0 N–H and O–H groups in total. The summed E-state index contributed by atoms with van der Waals surface area (Å²) in [6, 6.07) is 15.9. The van der Waals surface area contributed by atoms with Crippen molar-refractivity contribution in [2.45, 2.75) is 18.2 Å². The lowest BCUT2D eigenvalue weighted by Gasteiger charge is -2.06. The summed E-state index contributed by atoms with van der Waals surface area (Å²) in [5.74, 6) is 0.186. The van der Waals surface area contributed by atoms with E-state index in [2.05, 4.69) is 6.07 Å². The molecule has 0 aliphatic rings. The van der Waals surface area contributed by atoms with Crippen molar-refractivity contribution in [2.75, 3.05) is 6.26 Å². The molecular weight excluding hydrogens is 240 g/mol. The quantitative estimate of drug-likeness (QED) is 0.604. The topological polar surface area (TPSA) is 17.1 Å². The number of Topliss-reactive ketones (excluding diaryl/α,β-unsaturated/α-hetero) is 1. The fourth-order valence-corrected chi connectivity index (χ4v) is 2.59. The van der Waals surface area contributed by atoms with Crippen LogP contribution in [-0.2, 0) is 6.42 Å². The molecule has 0 atom stereocenters. The average Bonchev–Trinajstić information content (AvgIpc) is 2.38. The van der Waals surface area contributed by atoms with E-state index in [9.17, 15) is 4.79 Å². The Labute approximate surface area is 112 Å². The zero-order valence-electron chi connectivity index (χ0n) is 10.6. The number of hydrogen-bond acceptors (Lipinski definition) is 2. The van der Waals surface area contributed by atoms with Crippen molar-refractivity contribution < 1.29 is 4.79 Å². The van der Waals surface area contributed by atoms with Crippen molar-refractivity contribution in [2.24, 2.45) is 0 Å². The molecule has 0 unspecified atom stereocenters. The predicted molar refractivity (Wildman–Crippen MR) is 77.4 cm³/mol. The number of carbonyl (C=O) groups is 1. The van der Waals surface area contributed by atoms with E-state index in [-0.39, 0.29) is 5.78 Å². The summed E-state index contributed by atoms with van der Waals surface area (Å²) in [6.45, 7) is 2.05. The van der Waals surface area contributed by atoms with Crippen LogP contribution in [0.5, 0.6) is 0 Å². The van der Waals surface area contributed by atoms with Gasteiger partial charge in [0.2, 0.25) is 0 Å². The minimum absolute atomic E-state index is 0.186. The van der Waals surface area contributed by atoms with Gasteiger partial charge in [-0.1, -0.05) is 48.0 Å². The first-order valence-corrected chi connectivity index (χ1v) is 7.15. The van der Waals surface area contributed by atoms with Crippen LogP contribution in [0.3, 0.4) is 0 Å². The molecular formula is C16H16OS. The Morgan fingerprint density at radius 3 is 2.61 bits per heavy atom. The summed E-state index contributed by atoms with van der Waals surface area (Å²) >= 11 is 1.62. The van der Waals surface area contributed by atoms with Gasteiger partial charge in [-0.25, -0.2) is 0 Å². The highest BCUT2D eigenvalue weighted by atomic mass is 32.2. The Morgan fingerprint density at radius 2 is 1.89 bits per heavy atom. The van der Waals surface area contributed by atoms with Crippen LogP contribution in [0.2, 0.25) is 0 Å². The van der Waals surface area contributed by atoms with Crippen LogP contribution >= 0.6 is 11.8 Å². The Bertz CT molecular complexity index is 561. The van der Waals surface area contributed by atoms with Crippen LogP contribution in [0.25, 0.3) is 0 Å². The fraction of sp³-hybridized carbons (Fsp3) is 0.188. The number of rotatable bonds is 4. The van der Waals surface area contributed by atoms with Crippen molar-refractivity contribution in [3.8, 4) is 0 Å². The maximum Gasteiger partial charge on any atom is 0.168 e. The molecule has 0 spiro atoms. The molecule has 0 aliphatic heterocycles. The molecule has 1 nitrogen and oxygen atoms in total. The van der Waals surface area contributed by atoms with Gasteiger partial charge in [0.15, 0.2) is 5.78 Å². The van der Waals surface area contributed by atoms with Crippen LogP contribution < -0.4 is 0 Å². The molecule has 2 aromatic carbocycles. The minimum atomic E-state index is 0.186. The minimum Gasteiger partial charge on any atom is -0.294 e.